The fourth-order valence-corrected chi connectivity index (χ4v) is 4.76. The first-order valence-corrected chi connectivity index (χ1v) is 10.8. The van der Waals surface area contributed by atoms with Gasteiger partial charge in [-0.2, -0.15) is 4.31 Å². The molecule has 140 valence electrons. The van der Waals surface area contributed by atoms with E-state index in [1.54, 1.807) is 35.6 Å². The number of sulfonamides is 1. The molecule has 0 radical (unpaired) electrons. The molecule has 6 nitrogen and oxygen atoms in total. The molecule has 0 spiro atoms. The van der Waals surface area contributed by atoms with Crippen LogP contribution in [0, 0.1) is 0 Å². The predicted molar refractivity (Wildman–Crippen MR) is 101 cm³/mol. The molecule has 1 aromatic carbocycles. The van der Waals surface area contributed by atoms with E-state index < -0.39 is 10.0 Å². The van der Waals surface area contributed by atoms with Gasteiger partial charge in [-0.3, -0.25) is 4.79 Å². The van der Waals surface area contributed by atoms with Gasteiger partial charge in [0.1, 0.15) is 0 Å². The molecule has 8 heteroatoms. The van der Waals surface area contributed by atoms with E-state index in [1.165, 1.54) is 4.31 Å². The third-order valence-electron chi connectivity index (χ3n) is 4.21. The summed E-state index contributed by atoms with van der Waals surface area (Å²) >= 11 is 1.61. The number of morpholine rings is 1. The van der Waals surface area contributed by atoms with Crippen molar-refractivity contribution >= 4 is 27.3 Å². The minimum Gasteiger partial charge on any atom is -0.379 e. The van der Waals surface area contributed by atoms with Crippen LogP contribution in [0.1, 0.15) is 16.9 Å². The summed E-state index contributed by atoms with van der Waals surface area (Å²) in [5, 5.41) is 4.87. The van der Waals surface area contributed by atoms with E-state index in [1.807, 2.05) is 17.5 Å². The highest BCUT2D eigenvalue weighted by Crippen LogP contribution is 2.18. The van der Waals surface area contributed by atoms with Gasteiger partial charge in [-0.15, -0.1) is 11.3 Å². The Hall–Kier alpha value is -1.74. The molecule has 1 amide bonds. The molecule has 0 bridgehead atoms. The van der Waals surface area contributed by atoms with Crippen molar-refractivity contribution < 1.29 is 17.9 Å². The minimum absolute atomic E-state index is 0.0107. The average molecular weight is 395 g/mol. The van der Waals surface area contributed by atoms with Crippen molar-refractivity contribution in [3.8, 4) is 0 Å². The lowest BCUT2D eigenvalue weighted by Gasteiger charge is -2.26. The lowest BCUT2D eigenvalue weighted by Crippen LogP contribution is -2.40. The molecule has 3 rings (SSSR count). The van der Waals surface area contributed by atoms with Gasteiger partial charge in [-0.1, -0.05) is 18.2 Å². The number of thiophene rings is 1. The molecule has 2 aromatic rings. The number of amides is 1. The molecule has 1 aliphatic rings. The number of hydrogen-bond donors (Lipinski definition) is 1. The topological polar surface area (TPSA) is 75.7 Å². The largest absolute Gasteiger partial charge is 0.379 e. The summed E-state index contributed by atoms with van der Waals surface area (Å²) in [6.07, 6.45) is 0.953. The summed E-state index contributed by atoms with van der Waals surface area (Å²) in [4.78, 5) is 13.3. The molecule has 26 heavy (non-hydrogen) atoms. The summed E-state index contributed by atoms with van der Waals surface area (Å²) < 4.78 is 31.8. The van der Waals surface area contributed by atoms with Gasteiger partial charge in [0.2, 0.25) is 15.9 Å². The Bertz CT molecular complexity index is 811. The number of carbonyl (C=O) groups is 1. The molecule has 0 atom stereocenters. The van der Waals surface area contributed by atoms with Crippen LogP contribution in [0.3, 0.4) is 0 Å². The van der Waals surface area contributed by atoms with Crippen molar-refractivity contribution in [2.24, 2.45) is 0 Å². The zero-order chi connectivity index (χ0) is 18.4. The summed E-state index contributed by atoms with van der Waals surface area (Å²) in [7, 11) is -3.47. The van der Waals surface area contributed by atoms with Gasteiger partial charge in [0.05, 0.1) is 24.7 Å². The molecule has 1 fully saturated rings. The lowest BCUT2D eigenvalue weighted by molar-refractivity contribution is -0.121. The van der Waals surface area contributed by atoms with Crippen LogP contribution in [-0.4, -0.2) is 44.9 Å². The molecule has 1 N–H and O–H groups in total. The van der Waals surface area contributed by atoms with Crippen LogP contribution in [0.25, 0.3) is 0 Å². The Labute approximate surface area is 157 Å². The first-order valence-electron chi connectivity index (χ1n) is 8.51. The van der Waals surface area contributed by atoms with E-state index in [4.69, 9.17) is 4.74 Å². The quantitative estimate of drug-likeness (QED) is 0.780. The molecular formula is C18H22N2O4S2. The molecule has 0 aliphatic carbocycles. The van der Waals surface area contributed by atoms with Gasteiger partial charge < -0.3 is 10.1 Å². The van der Waals surface area contributed by atoms with Crippen LogP contribution in [0.4, 0.5) is 0 Å². The normalized spacial score (nSPS) is 15.7. The Morgan fingerprint density at radius 1 is 1.15 bits per heavy atom. The second-order valence-electron chi connectivity index (χ2n) is 6.02. The maximum Gasteiger partial charge on any atom is 0.243 e. The molecule has 1 aromatic heterocycles. The summed E-state index contributed by atoms with van der Waals surface area (Å²) in [6, 6.07) is 10.7. The minimum atomic E-state index is -3.47. The highest BCUT2D eigenvalue weighted by molar-refractivity contribution is 7.89. The van der Waals surface area contributed by atoms with Gasteiger partial charge in [-0.05, 0) is 35.6 Å². The lowest BCUT2D eigenvalue weighted by atomic mass is 10.1. The first-order chi connectivity index (χ1) is 12.6. The van der Waals surface area contributed by atoms with E-state index in [2.05, 4.69) is 5.32 Å². The van der Waals surface area contributed by atoms with E-state index >= 15 is 0 Å². The van der Waals surface area contributed by atoms with Crippen molar-refractivity contribution in [2.45, 2.75) is 24.3 Å². The van der Waals surface area contributed by atoms with Crippen LogP contribution < -0.4 is 5.32 Å². The van der Waals surface area contributed by atoms with E-state index in [0.717, 1.165) is 10.4 Å². The smallest absolute Gasteiger partial charge is 0.243 e. The predicted octanol–water partition coefficient (Wildman–Crippen LogP) is 2.02. The highest BCUT2D eigenvalue weighted by atomic mass is 32.2. The standard InChI is InChI=1S/C18H22N2O4S2/c21-18(19-14-16-2-1-13-25-16)8-5-15-3-6-17(7-4-15)26(22,23)20-9-11-24-12-10-20/h1-4,6-7,13H,5,8-12,14H2,(H,19,21). The van der Waals surface area contributed by atoms with Crippen molar-refractivity contribution in [1.29, 1.82) is 0 Å². The zero-order valence-corrected chi connectivity index (χ0v) is 16.0. The fraction of sp³-hybridized carbons (Fsp3) is 0.389. The molecule has 1 aliphatic heterocycles. The van der Waals surface area contributed by atoms with Gasteiger partial charge in [0.25, 0.3) is 0 Å². The highest BCUT2D eigenvalue weighted by Gasteiger charge is 2.26. The van der Waals surface area contributed by atoms with Gasteiger partial charge in [0.15, 0.2) is 0 Å². The van der Waals surface area contributed by atoms with Crippen LogP contribution in [-0.2, 0) is 32.5 Å². The van der Waals surface area contributed by atoms with Gasteiger partial charge >= 0.3 is 0 Å². The van der Waals surface area contributed by atoms with Crippen LogP contribution in [0.2, 0.25) is 0 Å². The summed E-state index contributed by atoms with van der Waals surface area (Å²) in [6.45, 7) is 2.17. The van der Waals surface area contributed by atoms with E-state index in [0.29, 0.717) is 45.7 Å². The van der Waals surface area contributed by atoms with Crippen molar-refractivity contribution in [1.82, 2.24) is 9.62 Å². The second-order valence-corrected chi connectivity index (χ2v) is 8.99. The SMILES string of the molecule is O=C(CCc1ccc(S(=O)(=O)N2CCOCC2)cc1)NCc1cccs1. The van der Waals surface area contributed by atoms with E-state index in [-0.39, 0.29) is 10.8 Å². The van der Waals surface area contributed by atoms with Crippen molar-refractivity contribution in [2.75, 3.05) is 26.3 Å². The van der Waals surface area contributed by atoms with Crippen LogP contribution >= 0.6 is 11.3 Å². The number of carbonyl (C=O) groups excluding carboxylic acids is 1. The van der Waals surface area contributed by atoms with Crippen LogP contribution in [0.15, 0.2) is 46.7 Å². The maximum absolute atomic E-state index is 12.6. The molecule has 1 saturated heterocycles. The molecule has 0 unspecified atom stereocenters. The number of rotatable bonds is 7. The number of benzene rings is 1. The Balaban J connectivity index is 1.51. The third-order valence-corrected chi connectivity index (χ3v) is 7.00. The number of nitrogens with one attached hydrogen (secondary N) is 1. The van der Waals surface area contributed by atoms with Gasteiger partial charge in [0, 0.05) is 24.4 Å². The number of ether oxygens (including phenoxy) is 1. The van der Waals surface area contributed by atoms with Gasteiger partial charge in [-0.25, -0.2) is 8.42 Å². The Kier molecular flexibility index (Phi) is 6.42. The molecule has 2 heterocycles. The average Bonchev–Trinajstić information content (AvgIpc) is 3.19. The fourth-order valence-electron chi connectivity index (χ4n) is 2.71. The third kappa shape index (κ3) is 4.91. The first kappa shape index (κ1) is 19.0. The summed E-state index contributed by atoms with van der Waals surface area (Å²) in [5.74, 6) is -0.0107. The van der Waals surface area contributed by atoms with Crippen molar-refractivity contribution in [3.05, 3.63) is 52.2 Å². The zero-order valence-electron chi connectivity index (χ0n) is 14.4. The molecule has 0 saturated carbocycles. The maximum atomic E-state index is 12.6. The van der Waals surface area contributed by atoms with Crippen LogP contribution in [0.5, 0.6) is 0 Å². The summed E-state index contributed by atoms with van der Waals surface area (Å²) in [5.41, 5.74) is 0.942. The number of aryl methyl sites for hydroxylation is 1. The van der Waals surface area contributed by atoms with Crippen molar-refractivity contribution in [3.63, 3.8) is 0 Å². The second kappa shape index (κ2) is 8.77. The monoisotopic (exact) mass is 394 g/mol. The number of nitrogens with zero attached hydrogens (tertiary/aromatic N) is 1. The molecular weight excluding hydrogens is 372 g/mol. The number of hydrogen-bond acceptors (Lipinski definition) is 5. The van der Waals surface area contributed by atoms with E-state index in [9.17, 15) is 13.2 Å². The Morgan fingerprint density at radius 3 is 2.54 bits per heavy atom. The Morgan fingerprint density at radius 2 is 1.88 bits per heavy atom.